The van der Waals surface area contributed by atoms with Crippen LogP contribution in [0, 0.1) is 5.92 Å². The Morgan fingerprint density at radius 2 is 1.96 bits per heavy atom. The number of aromatic nitrogens is 5. The average molecular weight is 344 g/mol. The van der Waals surface area contributed by atoms with Crippen LogP contribution in [0.2, 0.25) is 0 Å². The van der Waals surface area contributed by atoms with Crippen molar-refractivity contribution in [3.63, 3.8) is 0 Å². The first kappa shape index (κ1) is 16.4. The summed E-state index contributed by atoms with van der Waals surface area (Å²) in [6, 6.07) is -0.354. The van der Waals surface area contributed by atoms with Gasteiger partial charge in [0, 0.05) is 13.1 Å². The Labute approximate surface area is 133 Å². The third kappa shape index (κ3) is 2.97. The average Bonchev–Trinajstić information content (AvgIpc) is 2.95. The van der Waals surface area contributed by atoms with Crippen LogP contribution in [-0.4, -0.2) is 42.5 Å². The van der Waals surface area contributed by atoms with E-state index in [0.29, 0.717) is 0 Å². The molecule has 0 atom stereocenters. The summed E-state index contributed by atoms with van der Waals surface area (Å²) in [5.74, 6) is -1.89. The van der Waals surface area contributed by atoms with Gasteiger partial charge in [0.1, 0.15) is 6.33 Å². The summed E-state index contributed by atoms with van der Waals surface area (Å²) in [4.78, 5) is 28.0. The van der Waals surface area contributed by atoms with Gasteiger partial charge in [-0.2, -0.15) is 17.9 Å². The van der Waals surface area contributed by atoms with Crippen molar-refractivity contribution in [1.29, 1.82) is 0 Å². The molecule has 3 rings (SSSR count). The predicted octanol–water partition coefficient (Wildman–Crippen LogP) is 0.674. The highest BCUT2D eigenvalue weighted by molar-refractivity contribution is 5.97. The molecule has 130 valence electrons. The van der Waals surface area contributed by atoms with Gasteiger partial charge >= 0.3 is 11.9 Å². The van der Waals surface area contributed by atoms with Crippen LogP contribution >= 0.6 is 0 Å². The summed E-state index contributed by atoms with van der Waals surface area (Å²) in [5, 5.41) is 10.0. The van der Waals surface area contributed by atoms with E-state index in [0.717, 1.165) is 9.08 Å². The van der Waals surface area contributed by atoms with Crippen LogP contribution in [0.25, 0.3) is 5.65 Å². The number of carbonyl (C=O) groups excluding carboxylic acids is 1. The summed E-state index contributed by atoms with van der Waals surface area (Å²) >= 11 is 0. The first-order valence-corrected chi connectivity index (χ1v) is 7.42. The minimum Gasteiger partial charge on any atom is -0.348 e. The molecule has 0 aliphatic heterocycles. The number of halogens is 3. The van der Waals surface area contributed by atoms with Crippen LogP contribution in [0.3, 0.4) is 0 Å². The van der Waals surface area contributed by atoms with Crippen LogP contribution in [0.1, 0.15) is 36.2 Å². The fourth-order valence-electron chi connectivity index (χ4n) is 2.86. The van der Waals surface area contributed by atoms with Gasteiger partial charge in [-0.15, -0.1) is 5.10 Å². The monoisotopic (exact) mass is 344 g/mol. The molecule has 8 nitrogen and oxygen atoms in total. The second kappa shape index (κ2) is 5.87. The minimum atomic E-state index is -4.19. The van der Waals surface area contributed by atoms with E-state index in [-0.39, 0.29) is 43.1 Å². The third-order valence-corrected chi connectivity index (χ3v) is 4.24. The van der Waals surface area contributed by atoms with Gasteiger partial charge < -0.3 is 5.32 Å². The van der Waals surface area contributed by atoms with Gasteiger partial charge in [0.05, 0.1) is 5.92 Å². The quantitative estimate of drug-likeness (QED) is 0.864. The molecule has 24 heavy (non-hydrogen) atoms. The van der Waals surface area contributed by atoms with Gasteiger partial charge in [0.2, 0.25) is 0 Å². The molecular formula is C13H15F3N6O2. The van der Waals surface area contributed by atoms with Crippen molar-refractivity contribution in [3.05, 3.63) is 22.5 Å². The molecule has 0 unspecified atom stereocenters. The molecule has 1 fully saturated rings. The molecule has 2 aromatic heterocycles. The normalized spacial score (nSPS) is 21.8. The van der Waals surface area contributed by atoms with Gasteiger partial charge in [0.15, 0.2) is 11.3 Å². The van der Waals surface area contributed by atoms with E-state index >= 15 is 0 Å². The van der Waals surface area contributed by atoms with E-state index in [4.69, 9.17) is 0 Å². The molecule has 1 aliphatic carbocycles. The zero-order valence-corrected chi connectivity index (χ0v) is 12.7. The summed E-state index contributed by atoms with van der Waals surface area (Å²) in [6.45, 7) is 0. The Balaban J connectivity index is 1.71. The Morgan fingerprint density at radius 1 is 1.29 bits per heavy atom. The maximum atomic E-state index is 12.7. The van der Waals surface area contributed by atoms with Crippen LogP contribution < -0.4 is 11.0 Å². The Kier molecular flexibility index (Phi) is 4.01. The molecule has 2 aromatic rings. The van der Waals surface area contributed by atoms with Gasteiger partial charge in [0.25, 0.3) is 5.91 Å². The number of nitrogens with zero attached hydrogens (tertiary/aromatic N) is 5. The van der Waals surface area contributed by atoms with Crippen molar-refractivity contribution in [2.24, 2.45) is 13.0 Å². The number of alkyl halides is 3. The molecule has 0 spiro atoms. The molecule has 11 heteroatoms. The van der Waals surface area contributed by atoms with Crippen molar-refractivity contribution < 1.29 is 18.0 Å². The smallest absolute Gasteiger partial charge is 0.348 e. The second-order valence-electron chi connectivity index (χ2n) is 5.85. The van der Waals surface area contributed by atoms with Crippen molar-refractivity contribution in [3.8, 4) is 0 Å². The number of hydrogen-bond acceptors (Lipinski definition) is 5. The minimum absolute atomic E-state index is 0.0135. The van der Waals surface area contributed by atoms with Crippen molar-refractivity contribution in [2.75, 3.05) is 0 Å². The van der Waals surface area contributed by atoms with E-state index in [9.17, 15) is 22.8 Å². The predicted molar refractivity (Wildman–Crippen MR) is 75.3 cm³/mol. The van der Waals surface area contributed by atoms with Crippen LogP contribution in [-0.2, 0) is 7.05 Å². The number of fused-ring (bicyclic) bond motifs is 1. The van der Waals surface area contributed by atoms with Crippen LogP contribution in [0.4, 0.5) is 13.2 Å². The maximum absolute atomic E-state index is 12.7. The molecule has 2 heterocycles. The van der Waals surface area contributed by atoms with Crippen molar-refractivity contribution in [1.82, 2.24) is 29.7 Å². The lowest BCUT2D eigenvalue weighted by molar-refractivity contribution is -0.182. The third-order valence-electron chi connectivity index (χ3n) is 4.24. The number of rotatable bonds is 2. The van der Waals surface area contributed by atoms with Gasteiger partial charge in [-0.05, 0) is 25.7 Å². The van der Waals surface area contributed by atoms with E-state index in [1.54, 1.807) is 0 Å². The zero-order chi connectivity index (χ0) is 17.5. The molecular weight excluding hydrogens is 329 g/mol. The number of imidazole rings is 1. The Morgan fingerprint density at radius 3 is 2.58 bits per heavy atom. The first-order valence-electron chi connectivity index (χ1n) is 7.42. The standard InChI is InChI=1S/C13H15F3N6O2/c1-21-12(24)22-6-17-9(10(22)19-20-21)11(23)18-8-4-2-7(3-5-8)13(14,15)16/h6-8H,2-5H2,1H3,(H,18,23). The van der Waals surface area contributed by atoms with Gasteiger partial charge in [-0.1, -0.05) is 5.21 Å². The summed E-state index contributed by atoms with van der Waals surface area (Å²) in [5.41, 5.74) is -0.560. The summed E-state index contributed by atoms with van der Waals surface area (Å²) < 4.78 is 40.0. The van der Waals surface area contributed by atoms with Crippen molar-refractivity contribution >= 4 is 11.6 Å². The number of amides is 1. The highest BCUT2D eigenvalue weighted by Crippen LogP contribution is 2.37. The largest absolute Gasteiger partial charge is 0.391 e. The van der Waals surface area contributed by atoms with E-state index in [1.165, 1.54) is 13.4 Å². The fraction of sp³-hybridized carbons (Fsp3) is 0.615. The maximum Gasteiger partial charge on any atom is 0.391 e. The molecule has 1 saturated carbocycles. The zero-order valence-electron chi connectivity index (χ0n) is 12.7. The molecule has 0 bridgehead atoms. The first-order chi connectivity index (χ1) is 11.3. The summed E-state index contributed by atoms with van der Waals surface area (Å²) in [6.07, 6.45) is -2.56. The molecule has 0 aromatic carbocycles. The molecule has 1 N–H and O–H groups in total. The Bertz CT molecular complexity index is 819. The van der Waals surface area contributed by atoms with Crippen LogP contribution in [0.15, 0.2) is 11.1 Å². The molecule has 1 amide bonds. The molecule has 1 aliphatic rings. The number of aryl methyl sites for hydroxylation is 1. The van der Waals surface area contributed by atoms with E-state index in [1.807, 2.05) is 0 Å². The summed E-state index contributed by atoms with van der Waals surface area (Å²) in [7, 11) is 1.41. The number of hydrogen-bond donors (Lipinski definition) is 1. The fourth-order valence-corrected chi connectivity index (χ4v) is 2.86. The van der Waals surface area contributed by atoms with E-state index < -0.39 is 23.7 Å². The lowest BCUT2D eigenvalue weighted by atomic mass is 9.85. The second-order valence-corrected chi connectivity index (χ2v) is 5.85. The lowest BCUT2D eigenvalue weighted by Crippen LogP contribution is -2.40. The molecule has 0 radical (unpaired) electrons. The van der Waals surface area contributed by atoms with E-state index in [2.05, 4.69) is 20.6 Å². The van der Waals surface area contributed by atoms with Gasteiger partial charge in [-0.3, -0.25) is 4.79 Å². The van der Waals surface area contributed by atoms with Crippen molar-refractivity contribution in [2.45, 2.75) is 37.9 Å². The Hall–Kier alpha value is -2.46. The van der Waals surface area contributed by atoms with Gasteiger partial charge in [-0.25, -0.2) is 14.2 Å². The highest BCUT2D eigenvalue weighted by Gasteiger charge is 2.41. The highest BCUT2D eigenvalue weighted by atomic mass is 19.4. The number of carbonyl (C=O) groups is 1. The SMILES string of the molecule is Cn1nnc2c(C(=O)NC3CCC(C(F)(F)F)CC3)ncn2c1=O. The van der Waals surface area contributed by atoms with Crippen LogP contribution in [0.5, 0.6) is 0 Å². The lowest BCUT2D eigenvalue weighted by Gasteiger charge is -2.30. The number of nitrogens with one attached hydrogen (secondary N) is 1. The topological polar surface area (TPSA) is 94.2 Å². The molecule has 0 saturated heterocycles.